The number of anilines is 2. The van der Waals surface area contributed by atoms with E-state index >= 15 is 0 Å². The zero-order valence-electron chi connectivity index (χ0n) is 23.1. The second-order valence-corrected chi connectivity index (χ2v) is 8.36. The molecule has 1 radical (unpaired) electrons. The summed E-state index contributed by atoms with van der Waals surface area (Å²) in [5.74, 6) is 2.51. The first kappa shape index (κ1) is 34.9. The van der Waals surface area contributed by atoms with Gasteiger partial charge in [0.2, 0.25) is 0 Å². The molecule has 45 heavy (non-hydrogen) atoms. The zero-order valence-corrected chi connectivity index (χ0v) is 24.1. The summed E-state index contributed by atoms with van der Waals surface area (Å²) in [6.07, 6.45) is 10.5. The molecule has 6 rings (SSSR count). The van der Waals surface area contributed by atoms with Gasteiger partial charge in [-0.1, -0.05) is 61.7 Å². The smallest absolute Gasteiger partial charge is 0.383 e. The van der Waals surface area contributed by atoms with Gasteiger partial charge in [-0.25, -0.2) is 19.9 Å². The number of hydrogen-bond donors (Lipinski definition) is 2. The van der Waals surface area contributed by atoms with Crippen LogP contribution < -0.4 is 11.5 Å². The molecule has 17 heteroatoms. The Morgan fingerprint density at radius 1 is 0.667 bits per heavy atom. The molecule has 233 valence electrons. The van der Waals surface area contributed by atoms with Gasteiger partial charge in [-0.05, 0) is 22.9 Å². The Labute approximate surface area is 265 Å². The van der Waals surface area contributed by atoms with Crippen LogP contribution in [0.25, 0.3) is 57.0 Å². The third-order valence-corrected chi connectivity index (χ3v) is 5.73. The van der Waals surface area contributed by atoms with Crippen molar-refractivity contribution >= 4 is 45.6 Å². The molecule has 0 fully saturated rings. The molecule has 0 aliphatic carbocycles. The van der Waals surface area contributed by atoms with E-state index in [-0.39, 0.29) is 17.1 Å². The van der Waals surface area contributed by atoms with Crippen LogP contribution in [0.4, 0.5) is 11.6 Å². The van der Waals surface area contributed by atoms with E-state index in [2.05, 4.69) is 33.1 Å². The van der Waals surface area contributed by atoms with Crippen LogP contribution in [0.3, 0.4) is 0 Å². The average molecular weight is 660 g/mol. The van der Waals surface area contributed by atoms with Gasteiger partial charge in [-0.2, -0.15) is 0 Å². The maximum atomic E-state index is 8.25. The van der Waals surface area contributed by atoms with Crippen molar-refractivity contribution in [2.24, 2.45) is 0 Å². The van der Waals surface area contributed by atoms with Crippen molar-refractivity contribution in [3.05, 3.63) is 129 Å². The summed E-state index contributed by atoms with van der Waals surface area (Å²) in [6.45, 7) is 7.48. The molecule has 0 aliphatic rings. The molecule has 0 bridgehead atoms. The van der Waals surface area contributed by atoms with Gasteiger partial charge >= 0.3 is 17.1 Å². The SMILES string of the molecule is C=Cn1ccnc1-c1cc2ccccc2c(N)n1.C=Cn1ccnc1-c1cc2ccccc2c(N)n1.O=[N+]([O-])[O-].O=[N+]([O-])[O-].[Cu+2]. The van der Waals surface area contributed by atoms with Gasteiger partial charge in [0.15, 0.2) is 11.6 Å². The molecule has 2 aromatic carbocycles. The minimum absolute atomic E-state index is 0. The van der Waals surface area contributed by atoms with Crippen LogP contribution >= 0.6 is 0 Å². The van der Waals surface area contributed by atoms with Gasteiger partial charge in [0.25, 0.3) is 0 Å². The number of aromatic nitrogens is 6. The monoisotopic (exact) mass is 659 g/mol. The van der Waals surface area contributed by atoms with Crippen molar-refractivity contribution in [2.45, 2.75) is 0 Å². The Morgan fingerprint density at radius 3 is 1.33 bits per heavy atom. The number of pyridine rings is 2. The molecule has 0 atom stereocenters. The number of fused-ring (bicyclic) bond motifs is 2. The van der Waals surface area contributed by atoms with E-state index in [1.165, 1.54) is 0 Å². The molecule has 0 saturated carbocycles. The van der Waals surface area contributed by atoms with Gasteiger partial charge in [0, 0.05) is 48.0 Å². The number of nitrogen functional groups attached to an aromatic ring is 2. The zero-order chi connectivity index (χ0) is 32.2. The van der Waals surface area contributed by atoms with Gasteiger partial charge in [0.1, 0.15) is 23.0 Å². The third-order valence-electron chi connectivity index (χ3n) is 5.73. The van der Waals surface area contributed by atoms with E-state index in [1.807, 2.05) is 82.2 Å². The largest absolute Gasteiger partial charge is 2.00 e. The van der Waals surface area contributed by atoms with Crippen molar-refractivity contribution in [1.29, 1.82) is 0 Å². The second kappa shape index (κ2) is 16.4. The van der Waals surface area contributed by atoms with Crippen LogP contribution in [0.15, 0.2) is 98.6 Å². The van der Waals surface area contributed by atoms with Crippen LogP contribution in [-0.4, -0.2) is 39.2 Å². The summed E-state index contributed by atoms with van der Waals surface area (Å²) in [5, 5.41) is 33.5. The van der Waals surface area contributed by atoms with E-state index in [4.69, 9.17) is 42.1 Å². The summed E-state index contributed by atoms with van der Waals surface area (Å²) < 4.78 is 3.63. The fraction of sp³-hybridized carbons (Fsp3) is 0. The summed E-state index contributed by atoms with van der Waals surface area (Å²) in [4.78, 5) is 33.9. The molecule has 0 unspecified atom stereocenters. The Bertz CT molecular complexity index is 1790. The van der Waals surface area contributed by atoms with E-state index in [9.17, 15) is 0 Å². The second-order valence-electron chi connectivity index (χ2n) is 8.36. The first-order valence-electron chi connectivity index (χ1n) is 12.3. The number of benzene rings is 2. The molecule has 4 heterocycles. The number of rotatable bonds is 4. The van der Waals surface area contributed by atoms with Crippen LogP contribution in [0.2, 0.25) is 0 Å². The first-order valence-corrected chi connectivity index (χ1v) is 12.3. The molecule has 0 aliphatic heterocycles. The predicted molar refractivity (Wildman–Crippen MR) is 168 cm³/mol. The van der Waals surface area contributed by atoms with Crippen LogP contribution in [-0.2, 0) is 17.1 Å². The number of nitrogens with zero attached hydrogens (tertiary/aromatic N) is 8. The van der Waals surface area contributed by atoms with Gasteiger partial charge in [-0.15, -0.1) is 0 Å². The van der Waals surface area contributed by atoms with Gasteiger partial charge < -0.3 is 51.2 Å². The predicted octanol–water partition coefficient (Wildman–Crippen LogP) is 5.08. The summed E-state index contributed by atoms with van der Waals surface area (Å²) in [5.41, 5.74) is 13.5. The fourth-order valence-corrected chi connectivity index (χ4v) is 4.00. The normalized spacial score (nSPS) is 9.60. The molecule has 4 aromatic heterocycles. The van der Waals surface area contributed by atoms with Gasteiger partial charge in [-0.3, -0.25) is 0 Å². The molecule has 0 spiro atoms. The quantitative estimate of drug-likeness (QED) is 0.143. The van der Waals surface area contributed by atoms with Crippen LogP contribution in [0, 0.1) is 30.6 Å². The summed E-state index contributed by atoms with van der Waals surface area (Å²) in [6, 6.07) is 19.8. The average Bonchev–Trinajstić information content (AvgIpc) is 3.67. The molecular formula is C28H24CuN10O6. The molecule has 0 amide bonds. The number of nitrogens with two attached hydrogens (primary N) is 2. The first-order chi connectivity index (χ1) is 21.0. The topological polar surface area (TPSA) is 246 Å². The van der Waals surface area contributed by atoms with E-state index < -0.39 is 10.2 Å². The van der Waals surface area contributed by atoms with Gasteiger partial charge in [0.05, 0.1) is 10.2 Å². The summed E-state index contributed by atoms with van der Waals surface area (Å²) in [7, 11) is 0. The van der Waals surface area contributed by atoms with E-state index in [0.717, 1.165) is 44.6 Å². The van der Waals surface area contributed by atoms with Crippen molar-refractivity contribution in [2.75, 3.05) is 11.5 Å². The van der Waals surface area contributed by atoms with Crippen molar-refractivity contribution in [3.63, 3.8) is 0 Å². The maximum Gasteiger partial charge on any atom is 2.00 e. The molecule has 16 nitrogen and oxygen atoms in total. The Morgan fingerprint density at radius 2 is 1.00 bits per heavy atom. The van der Waals surface area contributed by atoms with E-state index in [1.54, 1.807) is 24.8 Å². The Balaban J connectivity index is 0.000000250. The van der Waals surface area contributed by atoms with E-state index in [0.29, 0.717) is 11.6 Å². The number of imidazole rings is 2. The van der Waals surface area contributed by atoms with Crippen molar-refractivity contribution in [1.82, 2.24) is 29.1 Å². The van der Waals surface area contributed by atoms with Crippen molar-refractivity contribution in [3.8, 4) is 23.0 Å². The third kappa shape index (κ3) is 9.34. The number of hydrogen-bond acceptors (Lipinski definition) is 12. The fourth-order valence-electron chi connectivity index (χ4n) is 4.00. The molecule has 4 N–H and O–H groups in total. The van der Waals surface area contributed by atoms with Crippen LogP contribution in [0.5, 0.6) is 0 Å². The minimum Gasteiger partial charge on any atom is -0.383 e. The molecule has 0 saturated heterocycles. The molecular weight excluding hydrogens is 636 g/mol. The van der Waals surface area contributed by atoms with Crippen molar-refractivity contribution < 1.29 is 27.2 Å². The van der Waals surface area contributed by atoms with Crippen LogP contribution in [0.1, 0.15) is 0 Å². The summed E-state index contributed by atoms with van der Waals surface area (Å²) >= 11 is 0. The Hall–Kier alpha value is -6.32. The minimum atomic E-state index is -1.75. The maximum absolute atomic E-state index is 8.25. The molecule has 6 aromatic rings. The Kier molecular flexibility index (Phi) is 12.7. The standard InChI is InChI=1S/2C14H12N4.Cu.2NO3/c2*1-2-18-8-7-16-14(18)12-9-10-5-3-4-6-11(10)13(15)17-12;;2*2-1(3)4/h2*2-9H,1H2,(H2,15,17);;;/q;;+2;2*-1.